The molecule has 1 aliphatic heterocycles. The topological polar surface area (TPSA) is 85.2 Å². The first-order valence-electron chi connectivity index (χ1n) is 9.04. The smallest absolute Gasteiger partial charge is 0.235 e. The average Bonchev–Trinajstić information content (AvgIpc) is 3.15. The fourth-order valence-electron chi connectivity index (χ4n) is 3.14. The van der Waals surface area contributed by atoms with Crippen LogP contribution in [0.3, 0.4) is 0 Å². The van der Waals surface area contributed by atoms with Crippen LogP contribution in [0, 0.1) is 11.3 Å². The summed E-state index contributed by atoms with van der Waals surface area (Å²) >= 11 is 0. The predicted molar refractivity (Wildman–Crippen MR) is 105 cm³/mol. The molecule has 0 amide bonds. The summed E-state index contributed by atoms with van der Waals surface area (Å²) in [5, 5.41) is 9.42. The third-order valence-electron chi connectivity index (χ3n) is 4.74. The number of benzene rings is 1. The number of oxazole rings is 1. The van der Waals surface area contributed by atoms with Gasteiger partial charge in [0.25, 0.3) is 0 Å². The molecule has 1 saturated heterocycles. The van der Waals surface area contributed by atoms with Gasteiger partial charge < -0.3 is 28.4 Å². The lowest BCUT2D eigenvalue weighted by Gasteiger charge is -2.29. The summed E-state index contributed by atoms with van der Waals surface area (Å²) in [5.41, 5.74) is 1.14. The van der Waals surface area contributed by atoms with E-state index in [1.165, 1.54) is 4.90 Å². The van der Waals surface area contributed by atoms with Crippen molar-refractivity contribution in [3.05, 3.63) is 29.3 Å². The van der Waals surface area contributed by atoms with Crippen molar-refractivity contribution in [1.82, 2.24) is 4.98 Å². The highest BCUT2D eigenvalue weighted by Gasteiger charge is 2.24. The van der Waals surface area contributed by atoms with Gasteiger partial charge in [-0.3, -0.25) is 0 Å². The van der Waals surface area contributed by atoms with Gasteiger partial charge in [-0.1, -0.05) is 0 Å². The number of hydrogen-bond donors (Lipinski definition) is 1. The summed E-state index contributed by atoms with van der Waals surface area (Å²) in [6.45, 7) is 3.68. The number of likely N-dealkylation sites (N-methyl/N-ethyl adjacent to an activating group) is 1. The maximum atomic E-state index is 9.42. The van der Waals surface area contributed by atoms with E-state index < -0.39 is 0 Å². The second-order valence-corrected chi connectivity index (χ2v) is 6.55. The molecular weight excluding hydrogens is 360 g/mol. The van der Waals surface area contributed by atoms with E-state index in [0.717, 1.165) is 31.7 Å². The highest BCUT2D eigenvalue weighted by atomic mass is 16.5. The van der Waals surface area contributed by atoms with Crippen LogP contribution in [-0.4, -0.2) is 59.5 Å². The monoisotopic (exact) mass is 385 g/mol. The Balaban J connectivity index is 1.86. The molecule has 1 aromatic carbocycles. The highest BCUT2D eigenvalue weighted by Crippen LogP contribution is 2.38. The lowest BCUT2D eigenvalue weighted by Crippen LogP contribution is -3.12. The molecule has 1 aliphatic rings. The van der Waals surface area contributed by atoms with Crippen LogP contribution >= 0.6 is 0 Å². The molecule has 28 heavy (non-hydrogen) atoms. The van der Waals surface area contributed by atoms with Crippen LogP contribution in [0.1, 0.15) is 17.1 Å². The third kappa shape index (κ3) is 4.05. The summed E-state index contributed by atoms with van der Waals surface area (Å²) in [6, 6.07) is 5.79. The average molecular weight is 385 g/mol. The second-order valence-electron chi connectivity index (χ2n) is 6.55. The van der Waals surface area contributed by atoms with Gasteiger partial charge in [-0.15, -0.1) is 0 Å². The second kappa shape index (κ2) is 8.67. The molecule has 1 N–H and O–H groups in total. The molecule has 148 valence electrons. The zero-order chi connectivity index (χ0) is 20.1. The van der Waals surface area contributed by atoms with Crippen molar-refractivity contribution in [2.45, 2.75) is 0 Å². The van der Waals surface area contributed by atoms with E-state index in [1.54, 1.807) is 27.4 Å². The molecule has 0 aliphatic carbocycles. The Bertz CT molecular complexity index is 867. The Morgan fingerprint density at radius 3 is 2.29 bits per heavy atom. The van der Waals surface area contributed by atoms with Crippen LogP contribution < -0.4 is 24.0 Å². The molecule has 2 heterocycles. The highest BCUT2D eigenvalue weighted by molar-refractivity contribution is 5.71. The SMILES string of the molecule is COc1cc(/C=C/c2nc(C#N)c(N3CC[NH+](C)CC3)o2)cc(OC)c1OC. The van der Waals surface area contributed by atoms with Crippen LogP contribution in [0.15, 0.2) is 16.5 Å². The normalized spacial score (nSPS) is 14.9. The number of hydrogen-bond acceptors (Lipinski definition) is 7. The van der Waals surface area contributed by atoms with Gasteiger partial charge in [0.05, 0.1) is 54.6 Å². The molecule has 0 radical (unpaired) electrons. The molecule has 1 fully saturated rings. The van der Waals surface area contributed by atoms with Gasteiger partial charge in [-0.05, 0) is 23.8 Å². The standard InChI is InChI=1S/C20H24N4O4/c1-23-7-9-24(10-8-23)20-15(13-21)22-18(28-20)6-5-14-11-16(25-2)19(27-4)17(12-14)26-3/h5-6,11-12H,7-10H2,1-4H3/p+1/b6-5+. The summed E-state index contributed by atoms with van der Waals surface area (Å²) in [5.74, 6) is 2.58. The number of piperazine rings is 1. The van der Waals surface area contributed by atoms with E-state index in [1.807, 2.05) is 18.2 Å². The first kappa shape index (κ1) is 19.6. The molecule has 8 heteroatoms. The van der Waals surface area contributed by atoms with Gasteiger partial charge in [0.1, 0.15) is 6.07 Å². The van der Waals surface area contributed by atoms with Crippen molar-refractivity contribution in [2.75, 3.05) is 59.5 Å². The molecule has 0 saturated carbocycles. The summed E-state index contributed by atoms with van der Waals surface area (Å²) in [6.07, 6.45) is 3.56. The molecule has 2 aromatic rings. The largest absolute Gasteiger partial charge is 0.493 e. The van der Waals surface area contributed by atoms with Gasteiger partial charge in [0, 0.05) is 6.08 Å². The maximum Gasteiger partial charge on any atom is 0.235 e. The van der Waals surface area contributed by atoms with Crippen molar-refractivity contribution < 1.29 is 23.5 Å². The molecule has 0 spiro atoms. The Hall–Kier alpha value is -3.18. The van der Waals surface area contributed by atoms with Gasteiger partial charge in [0.2, 0.25) is 23.2 Å². The van der Waals surface area contributed by atoms with Gasteiger partial charge in [-0.25, -0.2) is 0 Å². The number of nitrogens with zero attached hydrogens (tertiary/aromatic N) is 3. The Kier molecular flexibility index (Phi) is 6.06. The lowest BCUT2D eigenvalue weighted by molar-refractivity contribution is -0.880. The van der Waals surface area contributed by atoms with Crippen LogP contribution in [-0.2, 0) is 0 Å². The zero-order valence-electron chi connectivity index (χ0n) is 16.6. The third-order valence-corrected chi connectivity index (χ3v) is 4.74. The van der Waals surface area contributed by atoms with Crippen LogP contribution in [0.4, 0.5) is 5.88 Å². The van der Waals surface area contributed by atoms with E-state index >= 15 is 0 Å². The van der Waals surface area contributed by atoms with Crippen LogP contribution in [0.25, 0.3) is 12.2 Å². The predicted octanol–water partition coefficient (Wildman–Crippen LogP) is 1.08. The van der Waals surface area contributed by atoms with E-state index in [9.17, 15) is 5.26 Å². The Labute approximate surface area is 164 Å². The number of rotatable bonds is 6. The van der Waals surface area contributed by atoms with E-state index in [-0.39, 0.29) is 0 Å². The van der Waals surface area contributed by atoms with E-state index in [0.29, 0.717) is 34.7 Å². The fraction of sp³-hybridized carbons (Fsp3) is 0.400. The van der Waals surface area contributed by atoms with Crippen LogP contribution in [0.5, 0.6) is 17.2 Å². The minimum absolute atomic E-state index is 0.309. The number of aromatic nitrogens is 1. The molecule has 0 bridgehead atoms. The van der Waals surface area contributed by atoms with E-state index in [4.69, 9.17) is 18.6 Å². The van der Waals surface area contributed by atoms with Gasteiger partial charge >= 0.3 is 0 Å². The number of nitrogens with one attached hydrogen (secondary N) is 1. The summed E-state index contributed by atoms with van der Waals surface area (Å²) in [7, 11) is 6.87. The number of ether oxygens (including phenoxy) is 3. The Morgan fingerprint density at radius 1 is 1.11 bits per heavy atom. The fourth-order valence-corrected chi connectivity index (χ4v) is 3.14. The number of nitriles is 1. The molecule has 0 unspecified atom stereocenters. The van der Waals surface area contributed by atoms with Crippen LogP contribution in [0.2, 0.25) is 0 Å². The maximum absolute atomic E-state index is 9.42. The molecule has 0 atom stereocenters. The molecule has 1 aromatic heterocycles. The molecule has 8 nitrogen and oxygen atoms in total. The van der Waals surface area contributed by atoms with E-state index in [2.05, 4.69) is 23.0 Å². The van der Waals surface area contributed by atoms with Crippen molar-refractivity contribution in [3.8, 4) is 23.3 Å². The molecule has 3 rings (SSSR count). The summed E-state index contributed by atoms with van der Waals surface area (Å²) in [4.78, 5) is 7.85. The minimum atomic E-state index is 0.309. The number of quaternary nitrogens is 1. The summed E-state index contributed by atoms with van der Waals surface area (Å²) < 4.78 is 21.9. The zero-order valence-corrected chi connectivity index (χ0v) is 16.6. The first-order valence-corrected chi connectivity index (χ1v) is 9.04. The van der Waals surface area contributed by atoms with Gasteiger partial charge in [0.15, 0.2) is 11.5 Å². The molecular formula is C20H25N4O4+. The Morgan fingerprint density at radius 2 is 1.75 bits per heavy atom. The lowest BCUT2D eigenvalue weighted by atomic mass is 10.1. The van der Waals surface area contributed by atoms with Crippen molar-refractivity contribution in [2.24, 2.45) is 0 Å². The van der Waals surface area contributed by atoms with Gasteiger partial charge in [-0.2, -0.15) is 10.2 Å². The van der Waals surface area contributed by atoms with Crippen molar-refractivity contribution in [1.29, 1.82) is 5.26 Å². The number of methoxy groups -OCH3 is 3. The number of anilines is 1. The minimum Gasteiger partial charge on any atom is -0.493 e. The first-order chi connectivity index (χ1) is 13.6. The van der Waals surface area contributed by atoms with Crippen molar-refractivity contribution in [3.63, 3.8) is 0 Å². The quantitative estimate of drug-likeness (QED) is 0.796. The van der Waals surface area contributed by atoms with Crippen molar-refractivity contribution >= 4 is 18.0 Å².